The summed E-state index contributed by atoms with van der Waals surface area (Å²) in [6.07, 6.45) is 2.83. The molecular formula is C17H26N2O2. The first-order valence-corrected chi connectivity index (χ1v) is 7.81. The lowest BCUT2D eigenvalue weighted by molar-refractivity contribution is -0.144. The lowest BCUT2D eigenvalue weighted by atomic mass is 9.93. The summed E-state index contributed by atoms with van der Waals surface area (Å²) < 4.78 is 0. The van der Waals surface area contributed by atoms with E-state index >= 15 is 0 Å². The Morgan fingerprint density at radius 1 is 1.48 bits per heavy atom. The fourth-order valence-corrected chi connectivity index (χ4v) is 3.11. The zero-order chi connectivity index (χ0) is 15.5. The van der Waals surface area contributed by atoms with Gasteiger partial charge in [-0.3, -0.25) is 4.79 Å². The number of aryl methyl sites for hydroxylation is 1. The highest BCUT2D eigenvalue weighted by molar-refractivity contribution is 5.78. The molecule has 0 spiro atoms. The van der Waals surface area contributed by atoms with E-state index in [9.17, 15) is 9.90 Å². The van der Waals surface area contributed by atoms with Crippen LogP contribution in [-0.2, 0) is 11.2 Å². The van der Waals surface area contributed by atoms with Crippen molar-refractivity contribution in [3.05, 3.63) is 29.8 Å². The summed E-state index contributed by atoms with van der Waals surface area (Å²) in [5.41, 5.74) is 1.78. The molecule has 1 aromatic rings. The molecule has 116 valence electrons. The van der Waals surface area contributed by atoms with Crippen LogP contribution in [0.25, 0.3) is 0 Å². The quantitative estimate of drug-likeness (QED) is 0.846. The van der Waals surface area contributed by atoms with Gasteiger partial charge in [-0.1, -0.05) is 25.1 Å². The second kappa shape index (κ2) is 6.48. The predicted octanol–water partition coefficient (Wildman–Crippen LogP) is 2.67. The first-order chi connectivity index (χ1) is 9.98. The van der Waals surface area contributed by atoms with Crippen molar-refractivity contribution in [1.82, 2.24) is 5.32 Å². The minimum Gasteiger partial charge on any atom is -0.480 e. The molecule has 0 radical (unpaired) electrons. The number of hydrogen-bond donors (Lipinski definition) is 2. The van der Waals surface area contributed by atoms with Crippen molar-refractivity contribution in [1.29, 1.82) is 0 Å². The number of benzene rings is 1. The molecule has 1 aliphatic rings. The Hall–Kier alpha value is -1.55. The lowest BCUT2D eigenvalue weighted by Crippen LogP contribution is -2.52. The highest BCUT2D eigenvalue weighted by atomic mass is 16.4. The van der Waals surface area contributed by atoms with E-state index in [1.54, 1.807) is 6.92 Å². The minimum absolute atomic E-state index is 0.458. The Morgan fingerprint density at radius 2 is 2.19 bits per heavy atom. The van der Waals surface area contributed by atoms with E-state index in [1.807, 2.05) is 6.92 Å². The summed E-state index contributed by atoms with van der Waals surface area (Å²) in [4.78, 5) is 13.9. The van der Waals surface area contributed by atoms with Crippen LogP contribution in [0.15, 0.2) is 24.3 Å². The number of nitrogens with zero attached hydrogens (tertiary/aromatic N) is 1. The smallest absolute Gasteiger partial charge is 0.323 e. The molecule has 0 aromatic heterocycles. The molecule has 2 N–H and O–H groups in total. The van der Waals surface area contributed by atoms with Crippen molar-refractivity contribution in [2.75, 3.05) is 18.0 Å². The van der Waals surface area contributed by atoms with Gasteiger partial charge in [0.15, 0.2) is 0 Å². The molecule has 1 heterocycles. The number of carbonyl (C=O) groups is 1. The largest absolute Gasteiger partial charge is 0.480 e. The maximum absolute atomic E-state index is 11.5. The van der Waals surface area contributed by atoms with Gasteiger partial charge in [-0.05, 0) is 51.3 Å². The van der Waals surface area contributed by atoms with Crippen molar-refractivity contribution in [2.24, 2.45) is 0 Å². The number of carboxylic acids is 1. The van der Waals surface area contributed by atoms with Gasteiger partial charge >= 0.3 is 5.97 Å². The third-order valence-electron chi connectivity index (χ3n) is 4.56. The van der Waals surface area contributed by atoms with Crippen LogP contribution in [0.2, 0.25) is 0 Å². The molecule has 4 heteroatoms. The number of fused-ring (bicyclic) bond motifs is 1. The SMILES string of the molecule is CCNC(C)(CCN1c2ccccc2CCC1C)C(=O)O. The zero-order valence-corrected chi connectivity index (χ0v) is 13.2. The van der Waals surface area contributed by atoms with Gasteiger partial charge in [0.25, 0.3) is 0 Å². The predicted molar refractivity (Wildman–Crippen MR) is 85.9 cm³/mol. The Bertz CT molecular complexity index is 503. The van der Waals surface area contributed by atoms with Gasteiger partial charge in [0.1, 0.15) is 5.54 Å². The first-order valence-electron chi connectivity index (χ1n) is 7.81. The number of rotatable bonds is 6. The molecule has 2 rings (SSSR count). The normalized spacial score (nSPS) is 20.7. The average Bonchev–Trinajstić information content (AvgIpc) is 2.46. The van der Waals surface area contributed by atoms with Crippen molar-refractivity contribution in [3.8, 4) is 0 Å². The molecule has 0 fully saturated rings. The van der Waals surface area contributed by atoms with Crippen LogP contribution in [0.4, 0.5) is 5.69 Å². The summed E-state index contributed by atoms with van der Waals surface area (Å²) in [7, 11) is 0. The van der Waals surface area contributed by atoms with Crippen LogP contribution < -0.4 is 10.2 Å². The van der Waals surface area contributed by atoms with Gasteiger partial charge in [-0.2, -0.15) is 0 Å². The zero-order valence-electron chi connectivity index (χ0n) is 13.2. The number of nitrogens with one attached hydrogen (secondary N) is 1. The molecule has 4 nitrogen and oxygen atoms in total. The molecule has 0 bridgehead atoms. The van der Waals surface area contributed by atoms with Crippen molar-refractivity contribution >= 4 is 11.7 Å². The maximum Gasteiger partial charge on any atom is 0.323 e. The molecular weight excluding hydrogens is 264 g/mol. The van der Waals surface area contributed by atoms with Gasteiger partial charge in [-0.15, -0.1) is 0 Å². The Balaban J connectivity index is 2.13. The summed E-state index contributed by atoms with van der Waals surface area (Å²) in [6, 6.07) is 8.92. The molecule has 1 aromatic carbocycles. The summed E-state index contributed by atoms with van der Waals surface area (Å²) in [5.74, 6) is -0.776. The van der Waals surface area contributed by atoms with Crippen molar-refractivity contribution < 1.29 is 9.90 Å². The minimum atomic E-state index is -0.860. The second-order valence-electron chi connectivity index (χ2n) is 6.13. The second-order valence-corrected chi connectivity index (χ2v) is 6.13. The highest BCUT2D eigenvalue weighted by Gasteiger charge is 2.33. The van der Waals surface area contributed by atoms with Crippen molar-refractivity contribution in [3.63, 3.8) is 0 Å². The number of aliphatic carboxylic acids is 1. The van der Waals surface area contributed by atoms with Crippen LogP contribution in [0.5, 0.6) is 0 Å². The van der Waals surface area contributed by atoms with Gasteiger partial charge < -0.3 is 15.3 Å². The monoisotopic (exact) mass is 290 g/mol. The van der Waals surface area contributed by atoms with E-state index < -0.39 is 11.5 Å². The summed E-state index contributed by atoms with van der Waals surface area (Å²) >= 11 is 0. The van der Waals surface area contributed by atoms with Crippen molar-refractivity contribution in [2.45, 2.75) is 51.6 Å². The van der Waals surface area contributed by atoms with Crippen LogP contribution in [-0.4, -0.2) is 35.7 Å². The lowest BCUT2D eigenvalue weighted by Gasteiger charge is -2.39. The number of likely N-dealkylation sites (N-methyl/N-ethyl adjacent to an activating group) is 1. The van der Waals surface area contributed by atoms with Crippen LogP contribution >= 0.6 is 0 Å². The molecule has 0 amide bonds. The number of anilines is 1. The standard InChI is InChI=1S/C17H26N2O2/c1-4-18-17(3,16(20)21)11-12-19-13(2)9-10-14-7-5-6-8-15(14)19/h5-8,13,18H,4,9-12H2,1-3H3,(H,20,21). The molecule has 1 aliphatic heterocycles. The summed E-state index contributed by atoms with van der Waals surface area (Å²) in [5, 5.41) is 12.6. The Kier molecular flexibility index (Phi) is 4.88. The van der Waals surface area contributed by atoms with E-state index in [0.29, 0.717) is 19.0 Å². The fourth-order valence-electron chi connectivity index (χ4n) is 3.11. The summed E-state index contributed by atoms with van der Waals surface area (Å²) in [6.45, 7) is 7.36. The number of para-hydroxylation sites is 1. The maximum atomic E-state index is 11.5. The molecule has 0 saturated heterocycles. The van der Waals surface area contributed by atoms with E-state index in [1.165, 1.54) is 11.3 Å². The Morgan fingerprint density at radius 3 is 2.86 bits per heavy atom. The molecule has 0 saturated carbocycles. The topological polar surface area (TPSA) is 52.6 Å². The fraction of sp³-hybridized carbons (Fsp3) is 0.588. The van der Waals surface area contributed by atoms with Gasteiger partial charge in [-0.25, -0.2) is 0 Å². The highest BCUT2D eigenvalue weighted by Crippen LogP contribution is 2.31. The van der Waals surface area contributed by atoms with Gasteiger partial charge in [0, 0.05) is 18.3 Å². The third-order valence-corrected chi connectivity index (χ3v) is 4.56. The average molecular weight is 290 g/mol. The van der Waals surface area contributed by atoms with E-state index in [4.69, 9.17) is 0 Å². The third kappa shape index (κ3) is 3.38. The Labute approximate surface area is 127 Å². The number of carboxylic acid groups (broad SMARTS) is 1. The molecule has 2 unspecified atom stereocenters. The van der Waals surface area contributed by atoms with Crippen LogP contribution in [0, 0.1) is 0 Å². The van der Waals surface area contributed by atoms with E-state index in [0.717, 1.165) is 19.4 Å². The van der Waals surface area contributed by atoms with Gasteiger partial charge in [0.05, 0.1) is 0 Å². The molecule has 0 aliphatic carbocycles. The first kappa shape index (κ1) is 15.8. The van der Waals surface area contributed by atoms with Crippen LogP contribution in [0.3, 0.4) is 0 Å². The van der Waals surface area contributed by atoms with E-state index in [2.05, 4.69) is 41.4 Å². The van der Waals surface area contributed by atoms with Gasteiger partial charge in [0.2, 0.25) is 0 Å². The molecule has 21 heavy (non-hydrogen) atoms. The number of hydrogen-bond acceptors (Lipinski definition) is 3. The molecule has 2 atom stereocenters. The van der Waals surface area contributed by atoms with Crippen LogP contribution in [0.1, 0.15) is 39.2 Å². The van der Waals surface area contributed by atoms with E-state index in [-0.39, 0.29) is 0 Å².